The summed E-state index contributed by atoms with van der Waals surface area (Å²) in [7, 11) is 1.59. The predicted octanol–water partition coefficient (Wildman–Crippen LogP) is 4.41. The number of imide groups is 1. The van der Waals surface area contributed by atoms with E-state index < -0.39 is 17.5 Å². The summed E-state index contributed by atoms with van der Waals surface area (Å²) in [5.41, 5.74) is 3.25. The monoisotopic (exact) mass is 494 g/mol. The van der Waals surface area contributed by atoms with Crippen molar-refractivity contribution in [2.24, 2.45) is 4.99 Å². The molecule has 0 saturated carbocycles. The number of thioether (sulfide) groups is 1. The number of ether oxygens (including phenoxy) is 1. The summed E-state index contributed by atoms with van der Waals surface area (Å²) < 4.78 is 5.19. The molecule has 0 atom stereocenters. The Balaban J connectivity index is 1.85. The molecule has 0 spiro atoms. The Morgan fingerprint density at radius 1 is 1.09 bits per heavy atom. The topological polar surface area (TPSA) is 100 Å². The van der Waals surface area contributed by atoms with E-state index in [1.807, 2.05) is 65.0 Å². The Bertz CT molecular complexity index is 1180. The average Bonchev–Trinajstić information content (AvgIpc) is 3.05. The van der Waals surface area contributed by atoms with E-state index in [1.165, 1.54) is 4.90 Å². The number of anilines is 1. The number of rotatable bonds is 5. The van der Waals surface area contributed by atoms with Gasteiger partial charge in [-0.3, -0.25) is 19.8 Å². The van der Waals surface area contributed by atoms with Gasteiger partial charge in [-0.1, -0.05) is 30.0 Å². The first-order chi connectivity index (χ1) is 16.4. The summed E-state index contributed by atoms with van der Waals surface area (Å²) in [5.74, 6) is -0.150. The Morgan fingerprint density at radius 2 is 1.71 bits per heavy atom. The second-order valence-corrected chi connectivity index (χ2v) is 10.2. The molecule has 0 bridgehead atoms. The number of carbonyl (C=O) groups is 3. The van der Waals surface area contributed by atoms with Crippen molar-refractivity contribution in [1.29, 1.82) is 0 Å². The van der Waals surface area contributed by atoms with Crippen LogP contribution in [-0.4, -0.2) is 41.4 Å². The number of benzene rings is 2. The lowest BCUT2D eigenvalue weighted by atomic mass is 10.1. The lowest BCUT2D eigenvalue weighted by Gasteiger charge is -2.21. The van der Waals surface area contributed by atoms with Crippen LogP contribution in [0.3, 0.4) is 0 Å². The molecule has 4 amide bonds. The molecule has 1 heterocycles. The summed E-state index contributed by atoms with van der Waals surface area (Å²) in [6, 6.07) is 12.5. The highest BCUT2D eigenvalue weighted by Crippen LogP contribution is 2.31. The van der Waals surface area contributed by atoms with Crippen LogP contribution < -0.4 is 20.3 Å². The van der Waals surface area contributed by atoms with Gasteiger partial charge in [-0.15, -0.1) is 0 Å². The molecule has 8 nitrogen and oxygen atoms in total. The number of aryl methyl sites for hydroxylation is 2. The van der Waals surface area contributed by atoms with Crippen LogP contribution in [0.25, 0.3) is 6.08 Å². The molecule has 2 aromatic rings. The fourth-order valence-electron chi connectivity index (χ4n) is 3.42. The highest BCUT2D eigenvalue weighted by Gasteiger charge is 2.32. The molecule has 2 aromatic carbocycles. The van der Waals surface area contributed by atoms with E-state index in [2.05, 4.69) is 15.6 Å². The van der Waals surface area contributed by atoms with Crippen molar-refractivity contribution in [2.45, 2.75) is 40.2 Å². The molecule has 0 aliphatic carbocycles. The van der Waals surface area contributed by atoms with Gasteiger partial charge in [0.1, 0.15) is 11.4 Å². The molecule has 1 aliphatic rings. The van der Waals surface area contributed by atoms with Crippen LogP contribution in [0.5, 0.6) is 5.75 Å². The number of methoxy groups -OCH3 is 1. The fourth-order valence-corrected chi connectivity index (χ4v) is 4.24. The van der Waals surface area contributed by atoms with E-state index in [0.29, 0.717) is 16.6 Å². The van der Waals surface area contributed by atoms with E-state index >= 15 is 0 Å². The molecule has 0 saturated heterocycles. The molecular formula is C26H30N4O4S. The maximum absolute atomic E-state index is 13.4. The zero-order chi connectivity index (χ0) is 25.8. The van der Waals surface area contributed by atoms with Crippen molar-refractivity contribution in [3.63, 3.8) is 0 Å². The van der Waals surface area contributed by atoms with Crippen molar-refractivity contribution in [2.75, 3.05) is 17.8 Å². The highest BCUT2D eigenvalue weighted by atomic mass is 32.2. The van der Waals surface area contributed by atoms with E-state index in [-0.39, 0.29) is 17.4 Å². The SMILES string of the molecule is COc1ccc(/C=C2/N=C(SCC(=O)NC(=O)NC(C)(C)C)N(c3cc(C)cc(C)c3)C2=O)cc1. The number of amidine groups is 1. The largest absolute Gasteiger partial charge is 0.497 e. The molecule has 0 radical (unpaired) electrons. The van der Waals surface area contributed by atoms with E-state index in [4.69, 9.17) is 4.74 Å². The maximum atomic E-state index is 13.4. The molecule has 2 N–H and O–H groups in total. The second kappa shape index (κ2) is 10.8. The molecular weight excluding hydrogens is 464 g/mol. The first kappa shape index (κ1) is 26.0. The van der Waals surface area contributed by atoms with Crippen LogP contribution in [0.2, 0.25) is 0 Å². The molecule has 3 rings (SSSR count). The Hall–Kier alpha value is -3.59. The molecule has 35 heavy (non-hydrogen) atoms. The first-order valence-corrected chi connectivity index (χ1v) is 12.1. The van der Waals surface area contributed by atoms with Crippen molar-refractivity contribution >= 4 is 46.5 Å². The lowest BCUT2D eigenvalue weighted by molar-refractivity contribution is -0.117. The normalized spacial score (nSPS) is 14.7. The summed E-state index contributed by atoms with van der Waals surface area (Å²) in [6.07, 6.45) is 1.70. The van der Waals surface area contributed by atoms with Crippen LogP contribution in [0, 0.1) is 13.8 Å². The minimum Gasteiger partial charge on any atom is -0.497 e. The zero-order valence-corrected chi connectivity index (χ0v) is 21.6. The highest BCUT2D eigenvalue weighted by molar-refractivity contribution is 8.14. The van der Waals surface area contributed by atoms with Gasteiger partial charge in [0.25, 0.3) is 5.91 Å². The minimum atomic E-state index is -0.571. The quantitative estimate of drug-likeness (QED) is 0.600. The number of nitrogens with one attached hydrogen (secondary N) is 2. The number of amides is 4. The van der Waals surface area contributed by atoms with E-state index in [9.17, 15) is 14.4 Å². The smallest absolute Gasteiger partial charge is 0.321 e. The average molecular weight is 495 g/mol. The van der Waals surface area contributed by atoms with Crippen molar-refractivity contribution in [3.05, 3.63) is 64.9 Å². The zero-order valence-electron chi connectivity index (χ0n) is 20.8. The standard InChI is InChI=1S/C26H30N4O4S/c1-16-11-17(2)13-19(12-16)30-23(32)21(14-18-7-9-20(34-6)10-8-18)27-25(30)35-15-22(31)28-24(33)29-26(3,4)5/h7-14H,15H2,1-6H3,(H2,28,29,31,33)/b21-14+. The maximum Gasteiger partial charge on any atom is 0.321 e. The van der Waals surface area contributed by atoms with Crippen LogP contribution in [0.15, 0.2) is 53.2 Å². The summed E-state index contributed by atoms with van der Waals surface area (Å²) in [5, 5.41) is 5.36. The molecule has 0 fully saturated rings. The van der Waals surface area contributed by atoms with Gasteiger partial charge in [-0.25, -0.2) is 9.79 Å². The van der Waals surface area contributed by atoms with Gasteiger partial charge in [0.15, 0.2) is 5.17 Å². The van der Waals surface area contributed by atoms with Gasteiger partial charge in [-0.2, -0.15) is 0 Å². The van der Waals surface area contributed by atoms with Gasteiger partial charge in [0, 0.05) is 5.54 Å². The van der Waals surface area contributed by atoms with Crippen molar-refractivity contribution in [3.8, 4) is 5.75 Å². The molecule has 184 valence electrons. The number of nitrogens with zero attached hydrogens (tertiary/aromatic N) is 2. The van der Waals surface area contributed by atoms with Crippen LogP contribution in [-0.2, 0) is 9.59 Å². The number of hydrogen-bond donors (Lipinski definition) is 2. The lowest BCUT2D eigenvalue weighted by Crippen LogP contribution is -2.48. The van der Waals surface area contributed by atoms with Crippen LogP contribution in [0.4, 0.5) is 10.5 Å². The van der Waals surface area contributed by atoms with Crippen LogP contribution in [0.1, 0.15) is 37.5 Å². The number of carbonyl (C=O) groups excluding carboxylic acids is 3. The van der Waals surface area contributed by atoms with Gasteiger partial charge in [0.05, 0.1) is 18.6 Å². The number of hydrogen-bond acceptors (Lipinski definition) is 6. The molecule has 0 aromatic heterocycles. The predicted molar refractivity (Wildman–Crippen MR) is 141 cm³/mol. The van der Waals surface area contributed by atoms with Gasteiger partial charge >= 0.3 is 6.03 Å². The third-order valence-corrected chi connectivity index (χ3v) is 5.73. The molecule has 1 aliphatic heterocycles. The van der Waals surface area contributed by atoms with Crippen molar-refractivity contribution in [1.82, 2.24) is 10.6 Å². The number of urea groups is 1. The minimum absolute atomic E-state index is 0.0825. The third-order valence-electron chi connectivity index (χ3n) is 4.79. The summed E-state index contributed by atoms with van der Waals surface area (Å²) >= 11 is 1.09. The number of aliphatic imine (C=N–C) groups is 1. The van der Waals surface area contributed by atoms with Gasteiger partial charge in [-0.05, 0) is 81.7 Å². The Kier molecular flexibility index (Phi) is 8.01. The molecule has 9 heteroatoms. The van der Waals surface area contributed by atoms with E-state index in [1.54, 1.807) is 25.3 Å². The Morgan fingerprint density at radius 3 is 2.29 bits per heavy atom. The van der Waals surface area contributed by atoms with Crippen molar-refractivity contribution < 1.29 is 19.1 Å². The second-order valence-electron chi connectivity index (χ2n) is 9.22. The summed E-state index contributed by atoms with van der Waals surface area (Å²) in [4.78, 5) is 43.8. The van der Waals surface area contributed by atoms with Crippen LogP contribution >= 0.6 is 11.8 Å². The fraction of sp³-hybridized carbons (Fsp3) is 0.308. The van der Waals surface area contributed by atoms with Gasteiger partial charge < -0.3 is 10.1 Å². The summed E-state index contributed by atoms with van der Waals surface area (Å²) in [6.45, 7) is 9.38. The molecule has 0 unspecified atom stereocenters. The third kappa shape index (κ3) is 7.19. The van der Waals surface area contributed by atoms with Gasteiger partial charge in [0.2, 0.25) is 5.91 Å². The Labute approximate surface area is 209 Å². The first-order valence-electron chi connectivity index (χ1n) is 11.1. The van der Waals surface area contributed by atoms with E-state index in [0.717, 1.165) is 28.5 Å².